The first-order valence-electron chi connectivity index (χ1n) is 30.5. The highest BCUT2D eigenvalue weighted by Crippen LogP contribution is 2.19. The van der Waals surface area contributed by atoms with E-state index in [1.54, 1.807) is 0 Å². The number of rotatable bonds is 57. The second kappa shape index (κ2) is 57.6. The van der Waals surface area contributed by atoms with Gasteiger partial charge in [-0.2, -0.15) is 0 Å². The van der Waals surface area contributed by atoms with Crippen LogP contribution in [0, 0.1) is 0 Å². The van der Waals surface area contributed by atoms with E-state index in [1.807, 2.05) is 0 Å². The van der Waals surface area contributed by atoms with Crippen LogP contribution in [0.25, 0.3) is 0 Å². The van der Waals surface area contributed by atoms with Gasteiger partial charge in [-0.05, 0) is 19.3 Å². The Hall–Kier alpha value is -0.530. The molecule has 1 amide bonds. The number of hydrogen-bond acceptors (Lipinski definition) is 1. The zero-order valence-electron chi connectivity index (χ0n) is 44.6. The molecule has 1 N–H and O–H groups in total. The lowest BCUT2D eigenvalue weighted by Gasteiger charge is -2.19. The van der Waals surface area contributed by atoms with Crippen LogP contribution in [0.2, 0.25) is 0 Å². The van der Waals surface area contributed by atoms with Crippen molar-refractivity contribution in [2.45, 2.75) is 386 Å². The maximum atomic E-state index is 13.0. The van der Waals surface area contributed by atoms with Gasteiger partial charge in [0.1, 0.15) is 0 Å². The molecule has 0 aliphatic carbocycles. The molecule has 1 unspecified atom stereocenters. The van der Waals surface area contributed by atoms with Crippen molar-refractivity contribution < 1.29 is 4.79 Å². The molecule has 63 heavy (non-hydrogen) atoms. The summed E-state index contributed by atoms with van der Waals surface area (Å²) in [5.74, 6) is 0.332. The fourth-order valence-electron chi connectivity index (χ4n) is 10.2. The summed E-state index contributed by atoms with van der Waals surface area (Å²) in [4.78, 5) is 13.0. The first-order valence-corrected chi connectivity index (χ1v) is 30.5. The molecule has 378 valence electrons. The molecule has 2 nitrogen and oxygen atoms in total. The van der Waals surface area contributed by atoms with E-state index in [4.69, 9.17) is 0 Å². The van der Waals surface area contributed by atoms with Crippen molar-refractivity contribution in [3.05, 3.63) is 0 Å². The molecule has 0 saturated carbocycles. The molecule has 0 bridgehead atoms. The molecule has 1 atom stereocenters. The molecule has 0 radical (unpaired) electrons. The van der Waals surface area contributed by atoms with Crippen LogP contribution < -0.4 is 5.32 Å². The minimum atomic E-state index is 0.332. The Bertz CT molecular complexity index is 809. The fourth-order valence-corrected chi connectivity index (χ4v) is 10.2. The van der Waals surface area contributed by atoms with Crippen molar-refractivity contribution in [3.8, 4) is 0 Å². The minimum Gasteiger partial charge on any atom is -0.353 e. The highest BCUT2D eigenvalue weighted by Gasteiger charge is 2.12. The zero-order chi connectivity index (χ0) is 45.5. The third kappa shape index (κ3) is 55.7. The van der Waals surface area contributed by atoms with Crippen LogP contribution >= 0.6 is 0 Å². The third-order valence-electron chi connectivity index (χ3n) is 14.7. The second-order valence-electron chi connectivity index (χ2n) is 21.3. The summed E-state index contributed by atoms with van der Waals surface area (Å²) in [5.41, 5.74) is 0. The SMILES string of the molecule is CCCCCCCCCCCCCCCCCCCCCCCCCCC(=O)NC(CCCCCCCC)CCCCCCCCCCCCCCCCCCCCCCCCC. The first-order chi connectivity index (χ1) is 31.2. The van der Waals surface area contributed by atoms with Gasteiger partial charge >= 0.3 is 0 Å². The minimum absolute atomic E-state index is 0.332. The maximum absolute atomic E-state index is 13.0. The van der Waals surface area contributed by atoms with Gasteiger partial charge in [-0.1, -0.05) is 355 Å². The van der Waals surface area contributed by atoms with Crippen LogP contribution in [0.15, 0.2) is 0 Å². The Balaban J connectivity index is 3.71. The Morgan fingerprint density at radius 3 is 0.587 bits per heavy atom. The molecule has 0 aromatic heterocycles. The van der Waals surface area contributed by atoms with E-state index in [0.29, 0.717) is 11.9 Å². The van der Waals surface area contributed by atoms with Gasteiger partial charge in [-0.25, -0.2) is 0 Å². The molecule has 0 fully saturated rings. The highest BCUT2D eigenvalue weighted by molar-refractivity contribution is 5.76. The van der Waals surface area contributed by atoms with Crippen molar-refractivity contribution >= 4 is 5.91 Å². The molecule has 2 heteroatoms. The van der Waals surface area contributed by atoms with Gasteiger partial charge in [0.05, 0.1) is 0 Å². The smallest absolute Gasteiger partial charge is 0.220 e. The molecule has 0 aromatic rings. The summed E-state index contributed by atoms with van der Waals surface area (Å²) >= 11 is 0. The molecule has 0 spiro atoms. The molecule has 0 heterocycles. The number of unbranched alkanes of at least 4 members (excludes halogenated alkanes) is 50. The van der Waals surface area contributed by atoms with Gasteiger partial charge in [-0.15, -0.1) is 0 Å². The molecular formula is C61H123NO. The van der Waals surface area contributed by atoms with E-state index in [-0.39, 0.29) is 0 Å². The zero-order valence-corrected chi connectivity index (χ0v) is 44.6. The average Bonchev–Trinajstić information content (AvgIpc) is 3.29. The van der Waals surface area contributed by atoms with Crippen molar-refractivity contribution in [1.29, 1.82) is 0 Å². The number of carbonyl (C=O) groups is 1. The molecule has 0 aliphatic rings. The molecule has 0 aliphatic heterocycles. The fraction of sp³-hybridized carbons (Fsp3) is 0.984. The number of hydrogen-bond donors (Lipinski definition) is 1. The Labute approximate surface area is 400 Å². The van der Waals surface area contributed by atoms with Crippen molar-refractivity contribution in [3.63, 3.8) is 0 Å². The van der Waals surface area contributed by atoms with Gasteiger partial charge in [0.2, 0.25) is 5.91 Å². The Kier molecular flexibility index (Phi) is 57.1. The van der Waals surface area contributed by atoms with E-state index < -0.39 is 0 Å². The quantitative estimate of drug-likeness (QED) is 0.0606. The lowest BCUT2D eigenvalue weighted by molar-refractivity contribution is -0.122. The highest BCUT2D eigenvalue weighted by atomic mass is 16.1. The van der Waals surface area contributed by atoms with Crippen molar-refractivity contribution in [2.75, 3.05) is 0 Å². The number of carbonyl (C=O) groups excluding carboxylic acids is 1. The lowest BCUT2D eigenvalue weighted by atomic mass is 9.99. The maximum Gasteiger partial charge on any atom is 0.220 e. The summed E-state index contributed by atoms with van der Waals surface area (Å²) in [6.07, 6.45) is 78.4. The largest absolute Gasteiger partial charge is 0.353 e. The standard InChI is InChI=1S/C61H123NO/c1-4-7-10-13-16-18-20-22-24-26-28-30-32-34-36-38-40-42-44-46-48-50-53-56-59-61(63)62-60(57-54-51-15-12-9-6-3)58-55-52-49-47-45-43-41-39-37-35-33-31-29-27-25-23-21-19-17-14-11-8-5-2/h60H,4-59H2,1-3H3,(H,62,63). The lowest BCUT2D eigenvalue weighted by Crippen LogP contribution is -2.34. The van der Waals surface area contributed by atoms with Crippen LogP contribution in [0.3, 0.4) is 0 Å². The third-order valence-corrected chi connectivity index (χ3v) is 14.7. The molecule has 0 aromatic carbocycles. The second-order valence-corrected chi connectivity index (χ2v) is 21.3. The van der Waals surface area contributed by atoms with Gasteiger partial charge in [-0.3, -0.25) is 4.79 Å². The van der Waals surface area contributed by atoms with Gasteiger partial charge in [0, 0.05) is 12.5 Å². The number of nitrogens with one attached hydrogen (secondary N) is 1. The summed E-state index contributed by atoms with van der Waals surface area (Å²) in [5, 5.41) is 3.51. The topological polar surface area (TPSA) is 29.1 Å². The van der Waals surface area contributed by atoms with Crippen LogP contribution in [0.4, 0.5) is 0 Å². The van der Waals surface area contributed by atoms with E-state index in [0.717, 1.165) is 12.8 Å². The van der Waals surface area contributed by atoms with Crippen LogP contribution in [-0.2, 0) is 4.79 Å². The monoisotopic (exact) mass is 886 g/mol. The predicted molar refractivity (Wildman–Crippen MR) is 288 cm³/mol. The molecule has 0 saturated heterocycles. The van der Waals surface area contributed by atoms with Crippen molar-refractivity contribution in [1.82, 2.24) is 5.32 Å². The predicted octanol–water partition coefficient (Wildman–Crippen LogP) is 22.4. The van der Waals surface area contributed by atoms with Crippen LogP contribution in [0.1, 0.15) is 380 Å². The van der Waals surface area contributed by atoms with Gasteiger partial charge < -0.3 is 5.32 Å². The van der Waals surface area contributed by atoms with Crippen LogP contribution in [0.5, 0.6) is 0 Å². The summed E-state index contributed by atoms with van der Waals surface area (Å²) in [6.45, 7) is 6.92. The average molecular weight is 887 g/mol. The summed E-state index contributed by atoms with van der Waals surface area (Å²) in [7, 11) is 0. The Morgan fingerprint density at radius 2 is 0.397 bits per heavy atom. The van der Waals surface area contributed by atoms with E-state index in [2.05, 4.69) is 26.1 Å². The van der Waals surface area contributed by atoms with E-state index in [1.165, 1.54) is 347 Å². The Morgan fingerprint density at radius 1 is 0.238 bits per heavy atom. The number of amides is 1. The summed E-state index contributed by atoms with van der Waals surface area (Å²) in [6, 6.07) is 0.410. The first kappa shape index (κ1) is 62.5. The molecule has 0 rings (SSSR count). The van der Waals surface area contributed by atoms with Gasteiger partial charge in [0.25, 0.3) is 0 Å². The van der Waals surface area contributed by atoms with Crippen LogP contribution in [-0.4, -0.2) is 11.9 Å². The normalized spacial score (nSPS) is 12.1. The van der Waals surface area contributed by atoms with Gasteiger partial charge in [0.15, 0.2) is 0 Å². The van der Waals surface area contributed by atoms with E-state index in [9.17, 15) is 4.79 Å². The van der Waals surface area contributed by atoms with E-state index >= 15 is 0 Å². The summed E-state index contributed by atoms with van der Waals surface area (Å²) < 4.78 is 0. The molecular weight excluding hydrogens is 763 g/mol. The van der Waals surface area contributed by atoms with Crippen molar-refractivity contribution in [2.24, 2.45) is 0 Å².